The van der Waals surface area contributed by atoms with Crippen LogP contribution in [0.5, 0.6) is 0 Å². The molecule has 0 saturated carbocycles. The molecule has 1 aliphatic rings. The molecule has 3 aromatic rings. The van der Waals surface area contributed by atoms with Crippen molar-refractivity contribution in [3.63, 3.8) is 0 Å². The molecule has 1 N–H and O–H groups in total. The molecule has 31 heavy (non-hydrogen) atoms. The van der Waals surface area contributed by atoms with Gasteiger partial charge in [-0.3, -0.25) is 20.0 Å². The van der Waals surface area contributed by atoms with Gasteiger partial charge in [-0.15, -0.1) is 11.3 Å². The molecule has 1 saturated heterocycles. The highest BCUT2D eigenvalue weighted by atomic mass is 32.1. The maximum atomic E-state index is 12.7. The fourth-order valence-electron chi connectivity index (χ4n) is 4.01. The standard InChI is InChI=1S/C25H30N4OS/c1-17-7-5-13-26-20(17)15-29-14-6-8-22(29)21-16-31-24(27-21)28-23(30)18-9-11-19(12-10-18)25(2,3)4/h5,7,9-13,16,22H,6,8,14-15H2,1-4H3,(H,27,28,30)/t22-/m1/s1. The quantitative estimate of drug-likeness (QED) is 0.557. The molecule has 0 radical (unpaired) electrons. The number of carbonyl (C=O) groups excluding carboxylic acids is 1. The molecule has 0 bridgehead atoms. The first-order chi connectivity index (χ1) is 14.8. The Balaban J connectivity index is 1.43. The lowest BCUT2D eigenvalue weighted by molar-refractivity contribution is 0.102. The summed E-state index contributed by atoms with van der Waals surface area (Å²) in [4.78, 5) is 24.4. The van der Waals surface area contributed by atoms with Crippen molar-refractivity contribution in [2.24, 2.45) is 0 Å². The van der Waals surface area contributed by atoms with Gasteiger partial charge in [-0.05, 0) is 61.1 Å². The summed E-state index contributed by atoms with van der Waals surface area (Å²) in [6.45, 7) is 10.5. The van der Waals surface area contributed by atoms with E-state index in [0.29, 0.717) is 10.7 Å². The molecule has 5 nitrogen and oxygen atoms in total. The molecule has 4 rings (SSSR count). The summed E-state index contributed by atoms with van der Waals surface area (Å²) in [5.74, 6) is -0.117. The number of likely N-dealkylation sites (tertiary alicyclic amines) is 1. The first-order valence-corrected chi connectivity index (χ1v) is 11.7. The number of aryl methyl sites for hydroxylation is 1. The molecular formula is C25H30N4OS. The van der Waals surface area contributed by atoms with Crippen molar-refractivity contribution in [3.05, 3.63) is 76.1 Å². The van der Waals surface area contributed by atoms with E-state index in [1.807, 2.05) is 36.5 Å². The van der Waals surface area contributed by atoms with E-state index in [9.17, 15) is 4.79 Å². The Morgan fingerprint density at radius 1 is 1.23 bits per heavy atom. The third kappa shape index (κ3) is 5.02. The zero-order chi connectivity index (χ0) is 22.0. The summed E-state index contributed by atoms with van der Waals surface area (Å²) in [5.41, 5.74) is 5.31. The average Bonchev–Trinajstić information content (AvgIpc) is 3.38. The molecule has 2 aromatic heterocycles. The molecule has 162 valence electrons. The number of rotatable bonds is 5. The third-order valence-electron chi connectivity index (χ3n) is 5.93. The van der Waals surface area contributed by atoms with E-state index >= 15 is 0 Å². The van der Waals surface area contributed by atoms with Crippen molar-refractivity contribution in [2.75, 3.05) is 11.9 Å². The summed E-state index contributed by atoms with van der Waals surface area (Å²) >= 11 is 1.49. The van der Waals surface area contributed by atoms with Crippen LogP contribution >= 0.6 is 11.3 Å². The topological polar surface area (TPSA) is 58.1 Å². The maximum absolute atomic E-state index is 12.7. The van der Waals surface area contributed by atoms with Crippen molar-refractivity contribution in [2.45, 2.75) is 58.5 Å². The Bertz CT molecular complexity index is 1050. The van der Waals surface area contributed by atoms with Gasteiger partial charge in [0.15, 0.2) is 5.13 Å². The normalized spacial score (nSPS) is 17.1. The summed E-state index contributed by atoms with van der Waals surface area (Å²) in [7, 11) is 0. The SMILES string of the molecule is Cc1cccnc1CN1CCC[C@@H]1c1csc(NC(=O)c2ccc(C(C)(C)C)cc2)n1. The molecule has 6 heteroatoms. The Labute approximate surface area is 188 Å². The molecular weight excluding hydrogens is 404 g/mol. The van der Waals surface area contributed by atoms with Crippen LogP contribution in [0.2, 0.25) is 0 Å². The minimum atomic E-state index is -0.117. The fraction of sp³-hybridized carbons (Fsp3) is 0.400. The Hall–Kier alpha value is -2.57. The highest BCUT2D eigenvalue weighted by molar-refractivity contribution is 7.14. The summed E-state index contributed by atoms with van der Waals surface area (Å²) in [5, 5.41) is 5.70. The van der Waals surface area contributed by atoms with Crippen LogP contribution in [0.25, 0.3) is 0 Å². The van der Waals surface area contributed by atoms with Gasteiger partial charge in [-0.1, -0.05) is 39.0 Å². The number of amides is 1. The number of nitrogens with one attached hydrogen (secondary N) is 1. The summed E-state index contributed by atoms with van der Waals surface area (Å²) in [6.07, 6.45) is 4.09. The van der Waals surface area contributed by atoms with E-state index in [-0.39, 0.29) is 17.4 Å². The van der Waals surface area contributed by atoms with Crippen molar-refractivity contribution >= 4 is 22.4 Å². The second-order valence-corrected chi connectivity index (χ2v) is 10.1. The summed E-state index contributed by atoms with van der Waals surface area (Å²) in [6, 6.07) is 12.2. The number of anilines is 1. The van der Waals surface area contributed by atoms with E-state index in [4.69, 9.17) is 4.98 Å². The molecule has 1 fully saturated rings. The lowest BCUT2D eigenvalue weighted by Gasteiger charge is -2.23. The number of hydrogen-bond acceptors (Lipinski definition) is 5. The van der Waals surface area contributed by atoms with Crippen molar-refractivity contribution in [1.82, 2.24) is 14.9 Å². The number of carbonyl (C=O) groups is 1. The van der Waals surface area contributed by atoms with Gasteiger partial charge in [-0.2, -0.15) is 0 Å². The van der Waals surface area contributed by atoms with Gasteiger partial charge in [0, 0.05) is 23.7 Å². The fourth-order valence-corrected chi connectivity index (χ4v) is 4.77. The van der Waals surface area contributed by atoms with E-state index < -0.39 is 0 Å². The molecule has 0 spiro atoms. The largest absolute Gasteiger partial charge is 0.298 e. The van der Waals surface area contributed by atoms with Gasteiger partial charge in [0.05, 0.1) is 17.4 Å². The van der Waals surface area contributed by atoms with Gasteiger partial charge in [-0.25, -0.2) is 4.98 Å². The van der Waals surface area contributed by atoms with E-state index in [2.05, 4.69) is 54.3 Å². The Kier molecular flexibility index (Phi) is 6.21. The highest BCUT2D eigenvalue weighted by Crippen LogP contribution is 2.35. The number of benzene rings is 1. The summed E-state index contributed by atoms with van der Waals surface area (Å²) < 4.78 is 0. The molecule has 0 unspecified atom stereocenters. The van der Waals surface area contributed by atoms with Gasteiger partial charge in [0.1, 0.15) is 0 Å². The van der Waals surface area contributed by atoms with Gasteiger partial charge >= 0.3 is 0 Å². The average molecular weight is 435 g/mol. The number of thiazole rings is 1. The van der Waals surface area contributed by atoms with Crippen molar-refractivity contribution in [3.8, 4) is 0 Å². The van der Waals surface area contributed by atoms with E-state index in [0.717, 1.165) is 37.3 Å². The third-order valence-corrected chi connectivity index (χ3v) is 6.71. The van der Waals surface area contributed by atoms with Crippen LogP contribution in [-0.4, -0.2) is 27.3 Å². The highest BCUT2D eigenvalue weighted by Gasteiger charge is 2.28. The van der Waals surface area contributed by atoms with E-state index in [1.165, 1.54) is 22.5 Å². The molecule has 0 aliphatic carbocycles. The Morgan fingerprint density at radius 3 is 2.71 bits per heavy atom. The van der Waals surface area contributed by atoms with Crippen molar-refractivity contribution < 1.29 is 4.79 Å². The van der Waals surface area contributed by atoms with Gasteiger partial charge in [0.25, 0.3) is 5.91 Å². The Morgan fingerprint density at radius 2 is 2.00 bits per heavy atom. The first kappa shape index (κ1) is 21.7. The number of nitrogens with zero attached hydrogens (tertiary/aromatic N) is 3. The molecule has 1 aliphatic heterocycles. The van der Waals surface area contributed by atoms with Crippen LogP contribution in [-0.2, 0) is 12.0 Å². The number of hydrogen-bond donors (Lipinski definition) is 1. The predicted octanol–water partition coefficient (Wildman–Crippen LogP) is 5.73. The van der Waals surface area contributed by atoms with Crippen LogP contribution in [0.15, 0.2) is 48.0 Å². The number of pyridine rings is 1. The van der Waals surface area contributed by atoms with Crippen LogP contribution in [0.3, 0.4) is 0 Å². The monoisotopic (exact) mass is 434 g/mol. The minimum Gasteiger partial charge on any atom is -0.298 e. The second-order valence-electron chi connectivity index (χ2n) is 9.25. The van der Waals surface area contributed by atoms with Crippen LogP contribution in [0.4, 0.5) is 5.13 Å². The van der Waals surface area contributed by atoms with Gasteiger partial charge < -0.3 is 0 Å². The van der Waals surface area contributed by atoms with Crippen LogP contribution in [0, 0.1) is 6.92 Å². The minimum absolute atomic E-state index is 0.0696. The molecule has 3 heterocycles. The van der Waals surface area contributed by atoms with Crippen molar-refractivity contribution in [1.29, 1.82) is 0 Å². The van der Waals surface area contributed by atoms with Gasteiger partial charge in [0.2, 0.25) is 0 Å². The number of aromatic nitrogens is 2. The molecule has 1 aromatic carbocycles. The molecule has 1 atom stereocenters. The van der Waals surface area contributed by atoms with Crippen LogP contribution in [0.1, 0.15) is 72.5 Å². The van der Waals surface area contributed by atoms with E-state index in [1.54, 1.807) is 0 Å². The smallest absolute Gasteiger partial charge is 0.257 e. The molecule has 1 amide bonds. The lowest BCUT2D eigenvalue weighted by atomic mass is 9.87. The second kappa shape index (κ2) is 8.89. The maximum Gasteiger partial charge on any atom is 0.257 e. The lowest BCUT2D eigenvalue weighted by Crippen LogP contribution is -2.24. The zero-order valence-electron chi connectivity index (χ0n) is 18.7. The first-order valence-electron chi connectivity index (χ1n) is 10.8. The zero-order valence-corrected chi connectivity index (χ0v) is 19.5. The van der Waals surface area contributed by atoms with Crippen LogP contribution < -0.4 is 5.32 Å². The predicted molar refractivity (Wildman–Crippen MR) is 127 cm³/mol.